The van der Waals surface area contributed by atoms with Gasteiger partial charge in [-0.1, -0.05) is 60.7 Å². The summed E-state index contributed by atoms with van der Waals surface area (Å²) in [4.78, 5) is 19.5. The summed E-state index contributed by atoms with van der Waals surface area (Å²) in [6.45, 7) is 5.39. The van der Waals surface area contributed by atoms with Gasteiger partial charge in [0.15, 0.2) is 0 Å². The van der Waals surface area contributed by atoms with Crippen molar-refractivity contribution in [2.75, 3.05) is 44.6 Å². The highest BCUT2D eigenvalue weighted by Gasteiger charge is 2.26. The minimum atomic E-state index is -0.401. The van der Waals surface area contributed by atoms with Gasteiger partial charge in [0.25, 0.3) is 0 Å². The molecular weight excluding hydrogens is 390 g/mol. The monoisotopic (exact) mass is 417 g/mol. The molecule has 0 bridgehead atoms. The molecule has 0 amide bonds. The van der Waals surface area contributed by atoms with Crippen LogP contribution < -0.4 is 5.32 Å². The molecule has 4 rings (SSSR count). The van der Waals surface area contributed by atoms with E-state index in [0.717, 1.165) is 32.7 Å². The fraction of sp³-hybridized carbons (Fsp3) is 0.292. The molecule has 160 valence electrons. The third kappa shape index (κ3) is 5.25. The Morgan fingerprint density at radius 1 is 0.935 bits per heavy atom. The van der Waals surface area contributed by atoms with E-state index >= 15 is 0 Å². The van der Waals surface area contributed by atoms with E-state index in [2.05, 4.69) is 80.8 Å². The van der Waals surface area contributed by atoms with Gasteiger partial charge in [0, 0.05) is 45.5 Å². The molecule has 3 aromatic rings. The van der Waals surface area contributed by atoms with E-state index in [0.29, 0.717) is 12.2 Å². The first-order chi connectivity index (χ1) is 15.2. The zero-order valence-corrected chi connectivity index (χ0v) is 17.4. The van der Waals surface area contributed by atoms with Crippen LogP contribution in [0, 0.1) is 10.1 Å². The van der Waals surface area contributed by atoms with Gasteiger partial charge < -0.3 is 5.32 Å². The maximum Gasteiger partial charge on any atom is 0.310 e. The number of pyridine rings is 1. The predicted octanol–water partition coefficient (Wildman–Crippen LogP) is 3.81. The topological polar surface area (TPSA) is 74.5 Å². The molecule has 2 heterocycles. The Hall–Kier alpha value is -3.29. The number of nitrogens with one attached hydrogen (secondary N) is 1. The predicted molar refractivity (Wildman–Crippen MR) is 122 cm³/mol. The van der Waals surface area contributed by atoms with E-state index in [1.807, 2.05) is 0 Å². The lowest BCUT2D eigenvalue weighted by molar-refractivity contribution is -0.384. The van der Waals surface area contributed by atoms with E-state index in [9.17, 15) is 10.1 Å². The number of anilines is 1. The largest absolute Gasteiger partial charge is 0.378 e. The fourth-order valence-electron chi connectivity index (χ4n) is 4.16. The number of aromatic nitrogens is 1. The lowest BCUT2D eigenvalue weighted by Crippen LogP contribution is -2.48. The van der Waals surface area contributed by atoms with Crippen molar-refractivity contribution in [2.24, 2.45) is 0 Å². The van der Waals surface area contributed by atoms with Crippen LogP contribution in [0.4, 0.5) is 11.4 Å². The maximum absolute atomic E-state index is 11.1. The van der Waals surface area contributed by atoms with Crippen LogP contribution >= 0.6 is 0 Å². The first-order valence-electron chi connectivity index (χ1n) is 10.6. The number of nitro groups is 1. The van der Waals surface area contributed by atoms with Crippen molar-refractivity contribution in [2.45, 2.75) is 6.04 Å². The Morgan fingerprint density at radius 2 is 1.55 bits per heavy atom. The molecule has 7 nitrogen and oxygen atoms in total. The normalized spacial score (nSPS) is 15.1. The summed E-state index contributed by atoms with van der Waals surface area (Å²) < 4.78 is 0. The molecule has 1 aliphatic heterocycles. The van der Waals surface area contributed by atoms with Gasteiger partial charge in [0.05, 0.1) is 11.0 Å². The van der Waals surface area contributed by atoms with Gasteiger partial charge in [-0.2, -0.15) is 0 Å². The standard InChI is InChI=1S/C24H27N5O2/c30-29(31)23-19-25-12-11-22(23)26-13-14-27-15-17-28(18-16-27)24(20-7-3-1-4-8-20)21-9-5-2-6-10-21/h1-12,19,24H,13-18H2,(H,25,26). The molecule has 0 unspecified atom stereocenters. The molecule has 1 fully saturated rings. The van der Waals surface area contributed by atoms with Crippen LogP contribution in [-0.4, -0.2) is 59.0 Å². The number of nitrogens with zero attached hydrogens (tertiary/aromatic N) is 4. The van der Waals surface area contributed by atoms with Crippen molar-refractivity contribution in [3.8, 4) is 0 Å². The summed E-state index contributed by atoms with van der Waals surface area (Å²) in [5, 5.41) is 14.3. The third-order valence-electron chi connectivity index (χ3n) is 5.74. The molecule has 0 radical (unpaired) electrons. The molecule has 1 N–H and O–H groups in total. The first kappa shape index (κ1) is 21.0. The summed E-state index contributed by atoms with van der Waals surface area (Å²) in [6.07, 6.45) is 2.86. The van der Waals surface area contributed by atoms with E-state index in [1.54, 1.807) is 12.3 Å². The van der Waals surface area contributed by atoms with Crippen molar-refractivity contribution >= 4 is 11.4 Å². The van der Waals surface area contributed by atoms with Crippen molar-refractivity contribution in [3.05, 3.63) is 100 Å². The van der Waals surface area contributed by atoms with Crippen LogP contribution in [0.15, 0.2) is 79.1 Å². The Labute approximate surface area is 182 Å². The molecule has 1 aromatic heterocycles. The average molecular weight is 418 g/mol. The molecule has 0 saturated carbocycles. The Bertz CT molecular complexity index is 936. The van der Waals surface area contributed by atoms with E-state index in [1.165, 1.54) is 17.3 Å². The van der Waals surface area contributed by atoms with Crippen molar-refractivity contribution in [1.29, 1.82) is 0 Å². The second-order valence-corrected chi connectivity index (χ2v) is 7.68. The molecule has 31 heavy (non-hydrogen) atoms. The van der Waals surface area contributed by atoms with Gasteiger partial charge >= 0.3 is 5.69 Å². The number of hydrogen-bond donors (Lipinski definition) is 1. The summed E-state index contributed by atoms with van der Waals surface area (Å²) >= 11 is 0. The van der Waals surface area contributed by atoms with Gasteiger partial charge in [-0.3, -0.25) is 24.9 Å². The number of hydrogen-bond acceptors (Lipinski definition) is 6. The second kappa shape index (κ2) is 10.1. The van der Waals surface area contributed by atoms with Crippen molar-refractivity contribution in [3.63, 3.8) is 0 Å². The van der Waals surface area contributed by atoms with Crippen LogP contribution in [0.3, 0.4) is 0 Å². The molecule has 0 atom stereocenters. The third-order valence-corrected chi connectivity index (χ3v) is 5.74. The number of benzene rings is 2. The number of rotatable bonds is 8. The van der Waals surface area contributed by atoms with E-state index in [4.69, 9.17) is 0 Å². The smallest absolute Gasteiger partial charge is 0.310 e. The second-order valence-electron chi connectivity index (χ2n) is 7.68. The van der Waals surface area contributed by atoms with E-state index < -0.39 is 4.92 Å². The molecule has 2 aromatic carbocycles. The van der Waals surface area contributed by atoms with Gasteiger partial charge in [-0.15, -0.1) is 0 Å². The van der Waals surface area contributed by atoms with Crippen LogP contribution in [-0.2, 0) is 0 Å². The Morgan fingerprint density at radius 3 is 2.13 bits per heavy atom. The highest BCUT2D eigenvalue weighted by molar-refractivity contribution is 5.59. The fourth-order valence-corrected chi connectivity index (χ4v) is 4.16. The Kier molecular flexibility index (Phi) is 6.86. The molecule has 1 saturated heterocycles. The highest BCUT2D eigenvalue weighted by Crippen LogP contribution is 2.29. The first-order valence-corrected chi connectivity index (χ1v) is 10.6. The maximum atomic E-state index is 11.1. The molecule has 0 spiro atoms. The lowest BCUT2D eigenvalue weighted by atomic mass is 9.96. The van der Waals surface area contributed by atoms with Gasteiger partial charge in [0.1, 0.15) is 11.9 Å². The van der Waals surface area contributed by atoms with Gasteiger partial charge in [-0.05, 0) is 17.2 Å². The summed E-state index contributed by atoms with van der Waals surface area (Å²) in [7, 11) is 0. The van der Waals surface area contributed by atoms with Crippen molar-refractivity contribution in [1.82, 2.24) is 14.8 Å². The molecule has 7 heteroatoms. The van der Waals surface area contributed by atoms with Crippen LogP contribution in [0.5, 0.6) is 0 Å². The van der Waals surface area contributed by atoms with Gasteiger partial charge in [0.2, 0.25) is 0 Å². The van der Waals surface area contributed by atoms with E-state index in [-0.39, 0.29) is 11.7 Å². The molecule has 1 aliphatic rings. The van der Waals surface area contributed by atoms with Crippen molar-refractivity contribution < 1.29 is 4.92 Å². The molecule has 0 aliphatic carbocycles. The SMILES string of the molecule is O=[N+]([O-])c1cnccc1NCCN1CCN(C(c2ccccc2)c2ccccc2)CC1. The minimum absolute atomic E-state index is 0.0147. The quantitative estimate of drug-likeness (QED) is 0.444. The summed E-state index contributed by atoms with van der Waals surface area (Å²) in [6, 6.07) is 23.2. The lowest BCUT2D eigenvalue weighted by Gasteiger charge is -2.39. The highest BCUT2D eigenvalue weighted by atomic mass is 16.6. The minimum Gasteiger partial charge on any atom is -0.378 e. The summed E-state index contributed by atoms with van der Waals surface area (Å²) in [5.41, 5.74) is 3.16. The number of piperazine rings is 1. The summed E-state index contributed by atoms with van der Waals surface area (Å²) in [5.74, 6) is 0. The van der Waals surface area contributed by atoms with Crippen LogP contribution in [0.25, 0.3) is 0 Å². The zero-order chi connectivity index (χ0) is 21.5. The zero-order valence-electron chi connectivity index (χ0n) is 17.4. The van der Waals surface area contributed by atoms with Gasteiger partial charge in [-0.25, -0.2) is 0 Å². The average Bonchev–Trinajstić information content (AvgIpc) is 2.82. The Balaban J connectivity index is 1.35. The van der Waals surface area contributed by atoms with Crippen LogP contribution in [0.2, 0.25) is 0 Å². The van der Waals surface area contributed by atoms with Crippen LogP contribution in [0.1, 0.15) is 17.2 Å². The molecular formula is C24H27N5O2.